The fourth-order valence-corrected chi connectivity index (χ4v) is 3.08. The van der Waals surface area contributed by atoms with Crippen molar-refractivity contribution in [1.29, 1.82) is 0 Å². The summed E-state index contributed by atoms with van der Waals surface area (Å²) >= 11 is 0. The van der Waals surface area contributed by atoms with Crippen molar-refractivity contribution < 1.29 is 0 Å². The summed E-state index contributed by atoms with van der Waals surface area (Å²) in [4.78, 5) is 2.50. The average molecular weight is 255 g/mol. The minimum atomic E-state index is 0.207. The second-order valence-electron chi connectivity index (χ2n) is 6.06. The quantitative estimate of drug-likeness (QED) is 0.622. The fourth-order valence-electron chi connectivity index (χ4n) is 3.08. The first-order valence-electron chi connectivity index (χ1n) is 7.87. The lowest BCUT2D eigenvalue weighted by Crippen LogP contribution is -2.53. The molecule has 18 heavy (non-hydrogen) atoms. The molecule has 0 saturated carbocycles. The van der Waals surface area contributed by atoms with E-state index in [1.54, 1.807) is 0 Å². The molecule has 3 N–H and O–H groups in total. The van der Waals surface area contributed by atoms with E-state index in [0.29, 0.717) is 5.54 Å². The van der Waals surface area contributed by atoms with Crippen LogP contribution in [-0.4, -0.2) is 29.8 Å². The van der Waals surface area contributed by atoms with E-state index in [4.69, 9.17) is 5.73 Å². The van der Waals surface area contributed by atoms with Crippen LogP contribution in [-0.2, 0) is 0 Å². The smallest absolute Gasteiger partial charge is 0.0716 e. The van der Waals surface area contributed by atoms with Gasteiger partial charge in [-0.25, -0.2) is 0 Å². The van der Waals surface area contributed by atoms with Crippen LogP contribution in [0.25, 0.3) is 0 Å². The second-order valence-corrected chi connectivity index (χ2v) is 6.06. The molecule has 1 unspecified atom stereocenters. The Balaban J connectivity index is 2.54. The van der Waals surface area contributed by atoms with Gasteiger partial charge in [0.2, 0.25) is 0 Å². The molecule has 108 valence electrons. The van der Waals surface area contributed by atoms with Gasteiger partial charge in [-0.15, -0.1) is 0 Å². The van der Waals surface area contributed by atoms with E-state index in [1.807, 2.05) is 0 Å². The van der Waals surface area contributed by atoms with Gasteiger partial charge in [0.1, 0.15) is 0 Å². The second kappa shape index (κ2) is 8.13. The van der Waals surface area contributed by atoms with E-state index in [9.17, 15) is 0 Å². The van der Waals surface area contributed by atoms with Crippen molar-refractivity contribution in [3.05, 3.63) is 0 Å². The SMILES string of the molecule is CCCCCC(C)(CCCCC)N1CNCC1N. The highest BCUT2D eigenvalue weighted by molar-refractivity contribution is 4.91. The monoisotopic (exact) mass is 255 g/mol. The van der Waals surface area contributed by atoms with Crippen molar-refractivity contribution in [1.82, 2.24) is 10.2 Å². The normalized spacial score (nSPS) is 21.7. The molecule has 1 fully saturated rings. The molecule has 0 aromatic carbocycles. The average Bonchev–Trinajstić information content (AvgIpc) is 2.77. The van der Waals surface area contributed by atoms with Crippen LogP contribution >= 0.6 is 0 Å². The van der Waals surface area contributed by atoms with Gasteiger partial charge in [0.05, 0.1) is 12.8 Å². The Morgan fingerprint density at radius 1 is 1.11 bits per heavy atom. The molecule has 0 aromatic rings. The Kier molecular flexibility index (Phi) is 7.20. The molecule has 0 spiro atoms. The number of nitrogens with two attached hydrogens (primary N) is 1. The topological polar surface area (TPSA) is 41.3 Å². The maximum atomic E-state index is 6.24. The maximum absolute atomic E-state index is 6.24. The van der Waals surface area contributed by atoms with Crippen molar-refractivity contribution in [3.63, 3.8) is 0 Å². The highest BCUT2D eigenvalue weighted by atomic mass is 15.4. The third kappa shape index (κ3) is 4.52. The molecule has 0 bridgehead atoms. The molecule has 1 aliphatic rings. The standard InChI is InChI=1S/C15H33N3/c1-4-6-8-10-15(3,11-9-7-5-2)18-13-17-12-14(18)16/h14,17H,4-13,16H2,1-3H3. The van der Waals surface area contributed by atoms with Gasteiger partial charge < -0.3 is 11.1 Å². The van der Waals surface area contributed by atoms with E-state index < -0.39 is 0 Å². The predicted molar refractivity (Wildman–Crippen MR) is 79.4 cm³/mol. The van der Waals surface area contributed by atoms with Gasteiger partial charge in [-0.1, -0.05) is 52.4 Å². The summed E-state index contributed by atoms with van der Waals surface area (Å²) in [6, 6.07) is 0. The lowest BCUT2D eigenvalue weighted by Gasteiger charge is -2.41. The third-order valence-electron chi connectivity index (χ3n) is 4.37. The Morgan fingerprint density at radius 3 is 2.06 bits per heavy atom. The Bertz CT molecular complexity index is 208. The van der Waals surface area contributed by atoms with E-state index >= 15 is 0 Å². The summed E-state index contributed by atoms with van der Waals surface area (Å²) in [5.41, 5.74) is 6.54. The lowest BCUT2D eigenvalue weighted by molar-refractivity contribution is 0.0705. The molecule has 1 saturated heterocycles. The van der Waals surface area contributed by atoms with E-state index in [1.165, 1.54) is 51.4 Å². The van der Waals surface area contributed by atoms with Gasteiger partial charge in [-0.05, 0) is 19.8 Å². The number of nitrogens with one attached hydrogen (secondary N) is 1. The number of nitrogens with zero attached hydrogens (tertiary/aromatic N) is 1. The molecule has 1 rings (SSSR count). The van der Waals surface area contributed by atoms with Crippen LogP contribution in [0.15, 0.2) is 0 Å². The summed E-state index contributed by atoms with van der Waals surface area (Å²) < 4.78 is 0. The molecule has 1 heterocycles. The molecule has 1 aliphatic heterocycles. The zero-order chi connectivity index (χ0) is 13.4. The summed E-state index contributed by atoms with van der Waals surface area (Å²) in [5.74, 6) is 0. The van der Waals surface area contributed by atoms with Gasteiger partial charge in [0.25, 0.3) is 0 Å². The molecular formula is C15H33N3. The van der Waals surface area contributed by atoms with Crippen LogP contribution in [0.2, 0.25) is 0 Å². The molecule has 0 radical (unpaired) electrons. The van der Waals surface area contributed by atoms with Gasteiger partial charge >= 0.3 is 0 Å². The zero-order valence-electron chi connectivity index (χ0n) is 12.7. The van der Waals surface area contributed by atoms with Crippen LogP contribution in [0.1, 0.15) is 72.1 Å². The Labute approximate surface area is 113 Å². The molecule has 0 aliphatic carbocycles. The molecular weight excluding hydrogens is 222 g/mol. The van der Waals surface area contributed by atoms with Gasteiger partial charge in [0.15, 0.2) is 0 Å². The summed E-state index contributed by atoms with van der Waals surface area (Å²) in [6.07, 6.45) is 10.8. The number of unbranched alkanes of at least 4 members (excludes halogenated alkanes) is 4. The van der Waals surface area contributed by atoms with Gasteiger partial charge in [0, 0.05) is 12.1 Å². The highest BCUT2D eigenvalue weighted by Gasteiger charge is 2.36. The summed E-state index contributed by atoms with van der Waals surface area (Å²) in [5, 5.41) is 3.41. The number of rotatable bonds is 9. The van der Waals surface area contributed by atoms with Crippen molar-refractivity contribution >= 4 is 0 Å². The van der Waals surface area contributed by atoms with Gasteiger partial charge in [-0.3, -0.25) is 4.90 Å². The van der Waals surface area contributed by atoms with Crippen LogP contribution in [0.5, 0.6) is 0 Å². The molecule has 3 heteroatoms. The minimum Gasteiger partial charge on any atom is -0.315 e. The van der Waals surface area contributed by atoms with Crippen molar-refractivity contribution in [3.8, 4) is 0 Å². The van der Waals surface area contributed by atoms with Crippen molar-refractivity contribution in [2.45, 2.75) is 83.8 Å². The molecule has 0 aromatic heterocycles. The Hall–Kier alpha value is -0.120. The highest BCUT2D eigenvalue weighted by Crippen LogP contribution is 2.30. The molecule has 3 nitrogen and oxygen atoms in total. The largest absolute Gasteiger partial charge is 0.315 e. The van der Waals surface area contributed by atoms with Crippen molar-refractivity contribution in [2.24, 2.45) is 5.73 Å². The lowest BCUT2D eigenvalue weighted by atomic mass is 9.86. The summed E-state index contributed by atoms with van der Waals surface area (Å²) in [7, 11) is 0. The molecule has 1 atom stereocenters. The first-order chi connectivity index (χ1) is 8.64. The Morgan fingerprint density at radius 2 is 1.67 bits per heavy atom. The molecule has 0 amide bonds. The number of hydrogen-bond donors (Lipinski definition) is 2. The number of hydrogen-bond acceptors (Lipinski definition) is 3. The van der Waals surface area contributed by atoms with Gasteiger partial charge in [-0.2, -0.15) is 0 Å². The van der Waals surface area contributed by atoms with E-state index in [-0.39, 0.29) is 6.17 Å². The fraction of sp³-hybridized carbons (Fsp3) is 1.00. The van der Waals surface area contributed by atoms with Crippen LogP contribution in [0, 0.1) is 0 Å². The first-order valence-corrected chi connectivity index (χ1v) is 7.87. The van der Waals surface area contributed by atoms with E-state index in [2.05, 4.69) is 31.0 Å². The van der Waals surface area contributed by atoms with Crippen LogP contribution in [0.3, 0.4) is 0 Å². The predicted octanol–water partition coefficient (Wildman–Crippen LogP) is 3.05. The first kappa shape index (κ1) is 15.9. The minimum absolute atomic E-state index is 0.207. The van der Waals surface area contributed by atoms with Crippen LogP contribution in [0.4, 0.5) is 0 Å². The summed E-state index contributed by atoms with van der Waals surface area (Å²) in [6.45, 7) is 8.88. The maximum Gasteiger partial charge on any atom is 0.0716 e. The van der Waals surface area contributed by atoms with E-state index in [0.717, 1.165) is 13.2 Å². The third-order valence-corrected chi connectivity index (χ3v) is 4.37. The zero-order valence-corrected chi connectivity index (χ0v) is 12.7. The van der Waals surface area contributed by atoms with Crippen molar-refractivity contribution in [2.75, 3.05) is 13.2 Å². The van der Waals surface area contributed by atoms with Crippen LogP contribution < -0.4 is 11.1 Å².